The molecule has 1 fully saturated rings. The minimum Gasteiger partial charge on any atom is -0.369 e. The standard InChI is InChI=1S/C22H25N5O2/c23-20(28)19-10-5-11-27(15-19)14-17-7-4-6-16(12-17)13-24-22-25-21(29-26-22)18-8-2-1-3-9-18/h1-4,6-9,12,19H,5,10-11,13-15H2,(H2,23,28)(H,24,26). The van der Waals surface area contributed by atoms with Crippen LogP contribution in [0.5, 0.6) is 0 Å². The number of rotatable bonds is 7. The van der Waals surface area contributed by atoms with Gasteiger partial charge in [-0.05, 0) is 47.8 Å². The molecule has 1 aliphatic rings. The molecule has 3 aromatic rings. The van der Waals surface area contributed by atoms with Crippen LogP contribution in [0, 0.1) is 5.92 Å². The van der Waals surface area contributed by atoms with Crippen molar-refractivity contribution in [3.8, 4) is 11.5 Å². The molecule has 29 heavy (non-hydrogen) atoms. The molecule has 1 saturated heterocycles. The molecule has 0 radical (unpaired) electrons. The lowest BCUT2D eigenvalue weighted by atomic mass is 9.97. The van der Waals surface area contributed by atoms with E-state index in [1.54, 1.807) is 0 Å². The summed E-state index contributed by atoms with van der Waals surface area (Å²) in [5, 5.41) is 7.21. The van der Waals surface area contributed by atoms with E-state index < -0.39 is 0 Å². The number of carbonyl (C=O) groups is 1. The molecule has 7 heteroatoms. The number of nitrogens with zero attached hydrogens (tertiary/aromatic N) is 3. The summed E-state index contributed by atoms with van der Waals surface area (Å²) in [6.45, 7) is 3.16. The van der Waals surface area contributed by atoms with Gasteiger partial charge in [0.05, 0.1) is 5.92 Å². The minimum atomic E-state index is -0.192. The second-order valence-corrected chi connectivity index (χ2v) is 7.44. The van der Waals surface area contributed by atoms with E-state index in [2.05, 4.69) is 38.6 Å². The molecule has 7 nitrogen and oxygen atoms in total. The van der Waals surface area contributed by atoms with Gasteiger partial charge in [0.25, 0.3) is 11.8 Å². The maximum absolute atomic E-state index is 11.5. The molecule has 0 saturated carbocycles. The van der Waals surface area contributed by atoms with Crippen LogP contribution in [-0.2, 0) is 17.9 Å². The molecule has 2 heterocycles. The number of nitrogens with one attached hydrogen (secondary N) is 1. The summed E-state index contributed by atoms with van der Waals surface area (Å²) in [6, 6.07) is 18.1. The van der Waals surface area contributed by atoms with E-state index in [1.807, 2.05) is 36.4 Å². The zero-order chi connectivity index (χ0) is 20.1. The lowest BCUT2D eigenvalue weighted by molar-refractivity contribution is -0.123. The van der Waals surface area contributed by atoms with Gasteiger partial charge < -0.3 is 15.6 Å². The summed E-state index contributed by atoms with van der Waals surface area (Å²) in [5.74, 6) is 0.735. The van der Waals surface area contributed by atoms with Crippen molar-refractivity contribution in [2.45, 2.75) is 25.9 Å². The fourth-order valence-electron chi connectivity index (χ4n) is 3.70. The monoisotopic (exact) mass is 391 g/mol. The van der Waals surface area contributed by atoms with Crippen molar-refractivity contribution < 1.29 is 9.32 Å². The Labute approximate surface area is 169 Å². The number of carbonyl (C=O) groups excluding carboxylic acids is 1. The van der Waals surface area contributed by atoms with Crippen LogP contribution in [0.4, 0.5) is 5.95 Å². The summed E-state index contributed by atoms with van der Waals surface area (Å²) in [5.41, 5.74) is 8.73. The van der Waals surface area contributed by atoms with Crippen molar-refractivity contribution in [3.05, 3.63) is 65.7 Å². The first-order valence-corrected chi connectivity index (χ1v) is 9.90. The number of likely N-dealkylation sites (tertiary alicyclic amines) is 1. The molecule has 0 aliphatic carbocycles. The first kappa shape index (κ1) is 19.1. The van der Waals surface area contributed by atoms with Gasteiger partial charge in [-0.3, -0.25) is 9.69 Å². The van der Waals surface area contributed by atoms with Crippen molar-refractivity contribution in [2.75, 3.05) is 18.4 Å². The number of nitrogens with two attached hydrogens (primary N) is 1. The fraction of sp³-hybridized carbons (Fsp3) is 0.318. The van der Waals surface area contributed by atoms with E-state index in [4.69, 9.17) is 10.3 Å². The van der Waals surface area contributed by atoms with Crippen LogP contribution in [0.1, 0.15) is 24.0 Å². The van der Waals surface area contributed by atoms with Crippen LogP contribution in [0.2, 0.25) is 0 Å². The highest BCUT2D eigenvalue weighted by Crippen LogP contribution is 2.20. The molecule has 0 bridgehead atoms. The molecule has 3 N–H and O–H groups in total. The minimum absolute atomic E-state index is 0.0364. The zero-order valence-electron chi connectivity index (χ0n) is 16.3. The lowest BCUT2D eigenvalue weighted by Crippen LogP contribution is -2.40. The normalized spacial score (nSPS) is 17.2. The smallest absolute Gasteiger partial charge is 0.264 e. The van der Waals surface area contributed by atoms with Crippen molar-refractivity contribution in [1.29, 1.82) is 0 Å². The summed E-state index contributed by atoms with van der Waals surface area (Å²) >= 11 is 0. The lowest BCUT2D eigenvalue weighted by Gasteiger charge is -2.31. The molecular weight excluding hydrogens is 366 g/mol. The number of piperidine rings is 1. The average molecular weight is 391 g/mol. The summed E-state index contributed by atoms with van der Waals surface area (Å²) < 4.78 is 5.32. The Morgan fingerprint density at radius 2 is 2.00 bits per heavy atom. The molecule has 1 amide bonds. The van der Waals surface area contributed by atoms with E-state index in [1.165, 1.54) is 5.56 Å². The SMILES string of the molecule is NC(=O)C1CCCN(Cc2cccc(CNc3noc(-c4ccccc4)n3)c2)C1. The Morgan fingerprint density at radius 1 is 1.17 bits per heavy atom. The van der Waals surface area contributed by atoms with E-state index in [0.29, 0.717) is 18.4 Å². The Bertz CT molecular complexity index is 957. The molecule has 4 rings (SSSR count). The Kier molecular flexibility index (Phi) is 5.86. The maximum atomic E-state index is 11.5. The quantitative estimate of drug-likeness (QED) is 0.642. The van der Waals surface area contributed by atoms with E-state index >= 15 is 0 Å². The predicted octanol–water partition coefficient (Wildman–Crippen LogP) is 3.05. The number of aromatic nitrogens is 2. The number of benzene rings is 2. The topological polar surface area (TPSA) is 97.3 Å². The number of primary amides is 1. The van der Waals surface area contributed by atoms with Gasteiger partial charge in [0.15, 0.2) is 0 Å². The second kappa shape index (κ2) is 8.87. The second-order valence-electron chi connectivity index (χ2n) is 7.44. The number of anilines is 1. The van der Waals surface area contributed by atoms with Crippen LogP contribution in [0.25, 0.3) is 11.5 Å². The molecular formula is C22H25N5O2. The van der Waals surface area contributed by atoms with Crippen LogP contribution < -0.4 is 11.1 Å². The Hall–Kier alpha value is -3.19. The van der Waals surface area contributed by atoms with Gasteiger partial charge in [-0.1, -0.05) is 42.5 Å². The highest BCUT2D eigenvalue weighted by atomic mass is 16.5. The predicted molar refractivity (Wildman–Crippen MR) is 111 cm³/mol. The number of hydrogen-bond acceptors (Lipinski definition) is 6. The van der Waals surface area contributed by atoms with Gasteiger partial charge in [-0.25, -0.2) is 0 Å². The number of amides is 1. The first-order valence-electron chi connectivity index (χ1n) is 9.90. The van der Waals surface area contributed by atoms with Gasteiger partial charge in [0, 0.05) is 25.2 Å². The molecule has 1 unspecified atom stereocenters. The highest BCUT2D eigenvalue weighted by Gasteiger charge is 2.23. The molecule has 1 atom stereocenters. The molecule has 0 spiro atoms. The van der Waals surface area contributed by atoms with Gasteiger partial charge >= 0.3 is 0 Å². The number of hydrogen-bond donors (Lipinski definition) is 2. The van der Waals surface area contributed by atoms with E-state index in [0.717, 1.165) is 43.6 Å². The largest absolute Gasteiger partial charge is 0.369 e. The first-order chi connectivity index (χ1) is 14.2. The van der Waals surface area contributed by atoms with Gasteiger partial charge in [0.2, 0.25) is 5.91 Å². The molecule has 150 valence electrons. The molecule has 1 aromatic heterocycles. The van der Waals surface area contributed by atoms with Crippen molar-refractivity contribution in [3.63, 3.8) is 0 Å². The van der Waals surface area contributed by atoms with Gasteiger partial charge in [0.1, 0.15) is 0 Å². The van der Waals surface area contributed by atoms with Crippen molar-refractivity contribution in [2.24, 2.45) is 11.7 Å². The zero-order valence-corrected chi connectivity index (χ0v) is 16.3. The van der Waals surface area contributed by atoms with Crippen LogP contribution in [0.3, 0.4) is 0 Å². The highest BCUT2D eigenvalue weighted by molar-refractivity contribution is 5.76. The summed E-state index contributed by atoms with van der Waals surface area (Å²) in [6.07, 6.45) is 1.90. The fourth-order valence-corrected chi connectivity index (χ4v) is 3.70. The average Bonchev–Trinajstić information content (AvgIpc) is 3.23. The van der Waals surface area contributed by atoms with Crippen molar-refractivity contribution in [1.82, 2.24) is 15.0 Å². The Balaban J connectivity index is 1.35. The van der Waals surface area contributed by atoms with E-state index in [9.17, 15) is 4.79 Å². The molecule has 1 aliphatic heterocycles. The molecule has 2 aromatic carbocycles. The third-order valence-corrected chi connectivity index (χ3v) is 5.20. The van der Waals surface area contributed by atoms with E-state index in [-0.39, 0.29) is 11.8 Å². The maximum Gasteiger partial charge on any atom is 0.264 e. The summed E-state index contributed by atoms with van der Waals surface area (Å²) in [7, 11) is 0. The van der Waals surface area contributed by atoms with Crippen molar-refractivity contribution >= 4 is 11.9 Å². The van der Waals surface area contributed by atoms with Gasteiger partial charge in [-0.15, -0.1) is 0 Å². The van der Waals surface area contributed by atoms with Crippen LogP contribution >= 0.6 is 0 Å². The van der Waals surface area contributed by atoms with Gasteiger partial charge in [-0.2, -0.15) is 4.98 Å². The third-order valence-electron chi connectivity index (χ3n) is 5.20. The van der Waals surface area contributed by atoms with Crippen LogP contribution in [0.15, 0.2) is 59.1 Å². The third kappa shape index (κ3) is 5.00. The summed E-state index contributed by atoms with van der Waals surface area (Å²) in [4.78, 5) is 18.2. The van der Waals surface area contributed by atoms with Crippen LogP contribution in [-0.4, -0.2) is 34.0 Å². The Morgan fingerprint density at radius 3 is 2.83 bits per heavy atom.